The fourth-order valence-electron chi connectivity index (χ4n) is 3.30. The van der Waals surface area contributed by atoms with Crippen molar-refractivity contribution in [3.05, 3.63) is 22.5 Å². The van der Waals surface area contributed by atoms with Crippen molar-refractivity contribution < 1.29 is 61.4 Å². The molecule has 1 fully saturated rings. The number of aliphatic hydroxyl groups excluding tert-OH is 1. The monoisotopic (exact) mass is 560 g/mol. The fourth-order valence-corrected chi connectivity index (χ4v) is 6.50. The second-order valence-corrected chi connectivity index (χ2v) is 11.6. The number of nitrogens with one attached hydrogen (secondary N) is 1. The van der Waals surface area contributed by atoms with E-state index in [2.05, 4.69) is 28.1 Å². The van der Waals surface area contributed by atoms with E-state index in [0.717, 1.165) is 17.8 Å². The highest BCUT2D eigenvalue weighted by Crippen LogP contribution is 2.66. The standard InChI is InChI=1S/C14H19N4O14P3/c1-4-14(21)10(19)9(6(2)30-34(25,26)32-35(27,28)31-33(22,23)24)29-13(14)18-5-15-8-11(18)16-7(3)17-12(8)20/h1,5-6,9-10,13,19,21H,2-3H3,(H,25,26)(H,27,28)(H,16,17,20)(H2,22,23,24)/t6-,9-,10+,13-,14?/m1/s1. The quantitative estimate of drug-likeness (QED) is 0.147. The van der Waals surface area contributed by atoms with E-state index in [0.29, 0.717) is 0 Å². The molecular weight excluding hydrogens is 541 g/mol. The maximum absolute atomic E-state index is 12.1. The first-order valence-corrected chi connectivity index (χ1v) is 13.7. The number of terminal acetylenes is 1. The molecule has 0 saturated carbocycles. The summed E-state index contributed by atoms with van der Waals surface area (Å²) in [7, 11) is -17.0. The lowest BCUT2D eigenvalue weighted by molar-refractivity contribution is -0.0831. The number of hydrogen-bond acceptors (Lipinski definition) is 12. The van der Waals surface area contributed by atoms with Gasteiger partial charge in [-0.1, -0.05) is 5.92 Å². The summed E-state index contributed by atoms with van der Waals surface area (Å²) in [6, 6.07) is 0. The van der Waals surface area contributed by atoms with Crippen LogP contribution in [0.15, 0.2) is 11.1 Å². The van der Waals surface area contributed by atoms with E-state index in [1.165, 1.54) is 6.92 Å². The topological polar surface area (TPSA) is 273 Å². The Morgan fingerprint density at radius 1 is 1.26 bits per heavy atom. The lowest BCUT2D eigenvalue weighted by Gasteiger charge is -2.27. The lowest BCUT2D eigenvalue weighted by atomic mass is 9.93. The Morgan fingerprint density at radius 2 is 1.89 bits per heavy atom. The molecule has 0 amide bonds. The second kappa shape index (κ2) is 9.25. The Morgan fingerprint density at radius 3 is 2.46 bits per heavy atom. The Kier molecular flexibility index (Phi) is 7.35. The molecule has 0 radical (unpaired) electrons. The van der Waals surface area contributed by atoms with Crippen LogP contribution in [-0.2, 0) is 31.6 Å². The first kappa shape index (κ1) is 27.8. The van der Waals surface area contributed by atoms with Crippen LogP contribution in [0, 0.1) is 19.3 Å². The Balaban J connectivity index is 1.89. The minimum absolute atomic E-state index is 0.0849. The van der Waals surface area contributed by atoms with Gasteiger partial charge >= 0.3 is 23.5 Å². The van der Waals surface area contributed by atoms with Gasteiger partial charge < -0.3 is 39.5 Å². The maximum Gasteiger partial charge on any atom is 0.490 e. The van der Waals surface area contributed by atoms with E-state index in [9.17, 15) is 38.5 Å². The first-order chi connectivity index (χ1) is 15.9. The highest BCUT2D eigenvalue weighted by molar-refractivity contribution is 7.66. The van der Waals surface area contributed by atoms with Gasteiger partial charge in [0.05, 0.1) is 12.4 Å². The van der Waals surface area contributed by atoms with Gasteiger partial charge in [0.25, 0.3) is 5.56 Å². The number of hydrogen-bond donors (Lipinski definition) is 7. The summed E-state index contributed by atoms with van der Waals surface area (Å²) in [6.07, 6.45) is -0.643. The van der Waals surface area contributed by atoms with Crippen molar-refractivity contribution in [1.29, 1.82) is 0 Å². The number of fused-ring (bicyclic) bond motifs is 1. The highest BCUT2D eigenvalue weighted by atomic mass is 31.3. The number of nitrogens with zero attached hydrogens (tertiary/aromatic N) is 3. The van der Waals surface area contributed by atoms with Gasteiger partial charge in [0.15, 0.2) is 23.0 Å². The third kappa shape index (κ3) is 5.79. The molecule has 3 rings (SSSR count). The maximum atomic E-state index is 12.1. The lowest BCUT2D eigenvalue weighted by Crippen LogP contribution is -2.47. The van der Waals surface area contributed by atoms with Crippen molar-refractivity contribution in [2.75, 3.05) is 0 Å². The van der Waals surface area contributed by atoms with E-state index < -0.39 is 59.2 Å². The molecule has 1 aliphatic heterocycles. The van der Waals surface area contributed by atoms with Crippen LogP contribution < -0.4 is 5.56 Å². The van der Waals surface area contributed by atoms with Crippen LogP contribution in [0.1, 0.15) is 19.0 Å². The Bertz CT molecular complexity index is 1380. The van der Waals surface area contributed by atoms with Gasteiger partial charge in [-0.25, -0.2) is 23.7 Å². The number of aliphatic hydroxyl groups is 2. The van der Waals surface area contributed by atoms with Crippen molar-refractivity contribution in [3.63, 3.8) is 0 Å². The molecular formula is C14H19N4O14P3. The molecule has 0 aliphatic carbocycles. The summed E-state index contributed by atoms with van der Waals surface area (Å²) in [5.74, 6) is 2.11. The number of imidazole rings is 1. The summed E-state index contributed by atoms with van der Waals surface area (Å²) >= 11 is 0. The number of aromatic amines is 1. The van der Waals surface area contributed by atoms with Crippen molar-refractivity contribution in [3.8, 4) is 12.3 Å². The molecule has 1 saturated heterocycles. The van der Waals surface area contributed by atoms with E-state index in [4.69, 9.17) is 20.9 Å². The van der Waals surface area contributed by atoms with Gasteiger partial charge in [-0.15, -0.1) is 6.42 Å². The summed E-state index contributed by atoms with van der Waals surface area (Å²) in [5, 5.41) is 21.6. The van der Waals surface area contributed by atoms with Crippen LogP contribution in [0.2, 0.25) is 0 Å². The average molecular weight is 560 g/mol. The largest absolute Gasteiger partial charge is 0.490 e. The Labute approximate surface area is 194 Å². The smallest absolute Gasteiger partial charge is 0.386 e. The van der Waals surface area contributed by atoms with E-state index in [-0.39, 0.29) is 17.0 Å². The summed E-state index contributed by atoms with van der Waals surface area (Å²) in [6.45, 7) is 2.48. The molecule has 1 aliphatic rings. The molecule has 0 aromatic carbocycles. The van der Waals surface area contributed by atoms with Gasteiger partial charge in [0, 0.05) is 0 Å². The van der Waals surface area contributed by atoms with Crippen LogP contribution in [0.25, 0.3) is 11.2 Å². The number of phosphoric acid groups is 3. The molecule has 7 atom stereocenters. The van der Waals surface area contributed by atoms with Gasteiger partial charge in [0.1, 0.15) is 18.0 Å². The van der Waals surface area contributed by atoms with E-state index >= 15 is 0 Å². The number of ether oxygens (including phenoxy) is 1. The van der Waals surface area contributed by atoms with Gasteiger partial charge in [0.2, 0.25) is 0 Å². The van der Waals surface area contributed by atoms with Crippen molar-refractivity contribution in [1.82, 2.24) is 19.5 Å². The van der Waals surface area contributed by atoms with Gasteiger partial charge in [-0.3, -0.25) is 13.9 Å². The minimum atomic E-state index is -5.80. The SMILES string of the molecule is C#CC1(O)[C@@H](O)[C@@H]([C@@H](C)OP(=O)(O)OP(=O)(O)OP(=O)(O)O)O[C@H]1n1cnc2c(=O)[nH]c(C)nc21. The zero-order chi connectivity index (χ0) is 26.6. The number of aromatic nitrogens is 4. The molecule has 2 aromatic rings. The predicted octanol–water partition coefficient (Wildman–Crippen LogP) is -1.22. The highest BCUT2D eigenvalue weighted by Gasteiger charge is 2.58. The molecule has 18 nitrogen and oxygen atoms in total. The van der Waals surface area contributed by atoms with Crippen molar-refractivity contribution >= 4 is 34.6 Å². The van der Waals surface area contributed by atoms with E-state index in [1.807, 2.05) is 5.92 Å². The molecule has 0 bridgehead atoms. The normalized spacial score (nSPS) is 29.4. The molecule has 3 unspecified atom stereocenters. The van der Waals surface area contributed by atoms with Crippen molar-refractivity contribution in [2.45, 2.75) is 44.0 Å². The third-order valence-electron chi connectivity index (χ3n) is 4.64. The molecule has 21 heteroatoms. The zero-order valence-electron chi connectivity index (χ0n) is 17.6. The zero-order valence-corrected chi connectivity index (χ0v) is 20.3. The number of rotatable bonds is 8. The fraction of sp³-hybridized carbons (Fsp3) is 0.500. The molecule has 35 heavy (non-hydrogen) atoms. The van der Waals surface area contributed by atoms with Crippen LogP contribution in [0.4, 0.5) is 0 Å². The third-order valence-corrected chi connectivity index (χ3v) is 8.56. The number of aryl methyl sites for hydroxylation is 1. The van der Waals surface area contributed by atoms with Crippen LogP contribution in [0.3, 0.4) is 0 Å². The molecule has 0 spiro atoms. The van der Waals surface area contributed by atoms with Gasteiger partial charge in [-0.05, 0) is 13.8 Å². The van der Waals surface area contributed by atoms with Crippen LogP contribution in [0.5, 0.6) is 0 Å². The van der Waals surface area contributed by atoms with Crippen LogP contribution in [-0.4, -0.2) is 73.2 Å². The molecule has 194 valence electrons. The number of H-pyrrole nitrogens is 1. The number of phosphoric ester groups is 1. The summed E-state index contributed by atoms with van der Waals surface area (Å²) in [5.41, 5.74) is -3.38. The average Bonchev–Trinajstić information content (AvgIpc) is 3.18. The molecule has 2 aromatic heterocycles. The van der Waals surface area contributed by atoms with Gasteiger partial charge in [-0.2, -0.15) is 8.62 Å². The van der Waals surface area contributed by atoms with Crippen molar-refractivity contribution in [2.24, 2.45) is 0 Å². The second-order valence-electron chi connectivity index (χ2n) is 7.24. The Hall–Kier alpha value is -1.80. The minimum Gasteiger partial charge on any atom is -0.386 e. The molecule has 3 heterocycles. The first-order valence-electron chi connectivity index (χ1n) is 9.18. The molecule has 7 N–H and O–H groups in total. The predicted molar refractivity (Wildman–Crippen MR) is 111 cm³/mol. The van der Waals surface area contributed by atoms with E-state index in [1.54, 1.807) is 0 Å². The summed E-state index contributed by atoms with van der Waals surface area (Å²) < 4.78 is 52.9. The van der Waals surface area contributed by atoms with Crippen LogP contribution >= 0.6 is 23.5 Å². The summed E-state index contributed by atoms with van der Waals surface area (Å²) in [4.78, 5) is 58.7.